The number of carbonyl (C=O) groups excluding carboxylic acids is 1. The summed E-state index contributed by atoms with van der Waals surface area (Å²) >= 11 is 0. The molecule has 0 bridgehead atoms. The van der Waals surface area contributed by atoms with Crippen LogP contribution in [0.1, 0.15) is 29.1 Å². The van der Waals surface area contributed by atoms with Gasteiger partial charge in [0, 0.05) is 5.39 Å². The Morgan fingerprint density at radius 2 is 1.90 bits per heavy atom. The van der Waals surface area contributed by atoms with Gasteiger partial charge in [-0.3, -0.25) is 9.78 Å². The number of ether oxygens (including phenoxy) is 2. The molecule has 0 aliphatic carbocycles. The standard InChI is InChI=1S/C20H18F3N3O3/c1-12(16-7-5-15(10-24-16)29-11-20(21,22)23)25-19(27)18-6-3-13-9-14(28-2)4-8-17(13)26-18/h3-10,12H,11H2,1-2H3,(H,25,27). The molecule has 1 amide bonds. The third-order valence-corrected chi connectivity index (χ3v) is 4.08. The molecule has 152 valence electrons. The average Bonchev–Trinajstić information content (AvgIpc) is 2.71. The molecule has 0 saturated heterocycles. The van der Waals surface area contributed by atoms with Crippen molar-refractivity contribution in [1.82, 2.24) is 15.3 Å². The van der Waals surface area contributed by atoms with Crippen LogP contribution in [0, 0.1) is 0 Å². The number of amides is 1. The minimum Gasteiger partial charge on any atom is -0.497 e. The summed E-state index contributed by atoms with van der Waals surface area (Å²) in [6.45, 7) is 0.322. The Morgan fingerprint density at radius 3 is 2.55 bits per heavy atom. The fourth-order valence-electron chi connectivity index (χ4n) is 2.60. The molecule has 0 radical (unpaired) electrons. The molecule has 0 fully saturated rings. The number of fused-ring (bicyclic) bond motifs is 1. The first-order valence-electron chi connectivity index (χ1n) is 8.66. The van der Waals surface area contributed by atoms with Gasteiger partial charge in [-0.1, -0.05) is 6.07 Å². The van der Waals surface area contributed by atoms with Gasteiger partial charge in [-0.05, 0) is 43.3 Å². The molecule has 1 aromatic carbocycles. The summed E-state index contributed by atoms with van der Waals surface area (Å²) in [7, 11) is 1.57. The lowest BCUT2D eigenvalue weighted by molar-refractivity contribution is -0.153. The molecule has 0 aliphatic heterocycles. The number of hydrogen-bond acceptors (Lipinski definition) is 5. The van der Waals surface area contributed by atoms with E-state index in [1.54, 1.807) is 38.3 Å². The van der Waals surface area contributed by atoms with Crippen molar-refractivity contribution >= 4 is 16.8 Å². The first-order chi connectivity index (χ1) is 13.7. The molecular formula is C20H18F3N3O3. The number of alkyl halides is 3. The highest BCUT2D eigenvalue weighted by Crippen LogP contribution is 2.21. The largest absolute Gasteiger partial charge is 0.497 e. The zero-order chi connectivity index (χ0) is 21.0. The summed E-state index contributed by atoms with van der Waals surface area (Å²) in [5.41, 5.74) is 1.36. The number of aromatic nitrogens is 2. The van der Waals surface area contributed by atoms with Crippen molar-refractivity contribution in [3.8, 4) is 11.5 Å². The van der Waals surface area contributed by atoms with Crippen LogP contribution in [0.2, 0.25) is 0 Å². The predicted octanol–water partition coefficient (Wildman–Crippen LogP) is 4.07. The van der Waals surface area contributed by atoms with Crippen molar-refractivity contribution in [2.75, 3.05) is 13.7 Å². The second-order valence-electron chi connectivity index (χ2n) is 6.27. The highest BCUT2D eigenvalue weighted by molar-refractivity contribution is 5.95. The first-order valence-corrected chi connectivity index (χ1v) is 8.66. The maximum Gasteiger partial charge on any atom is 0.422 e. The highest BCUT2D eigenvalue weighted by Gasteiger charge is 2.28. The number of halogens is 3. The maximum absolute atomic E-state index is 12.5. The van der Waals surface area contributed by atoms with E-state index in [0.29, 0.717) is 17.0 Å². The third-order valence-electron chi connectivity index (χ3n) is 4.08. The number of nitrogens with one attached hydrogen (secondary N) is 1. The molecule has 3 rings (SSSR count). The van der Waals surface area contributed by atoms with Gasteiger partial charge in [-0.2, -0.15) is 13.2 Å². The number of nitrogens with zero attached hydrogens (tertiary/aromatic N) is 2. The number of rotatable bonds is 6. The number of methoxy groups -OCH3 is 1. The second kappa shape index (κ2) is 8.34. The fourth-order valence-corrected chi connectivity index (χ4v) is 2.60. The Morgan fingerprint density at radius 1 is 1.14 bits per heavy atom. The molecular weight excluding hydrogens is 387 g/mol. The maximum atomic E-state index is 12.5. The molecule has 9 heteroatoms. The summed E-state index contributed by atoms with van der Waals surface area (Å²) in [4.78, 5) is 20.9. The highest BCUT2D eigenvalue weighted by atomic mass is 19.4. The zero-order valence-electron chi connectivity index (χ0n) is 15.7. The van der Waals surface area contributed by atoms with Crippen LogP contribution < -0.4 is 14.8 Å². The van der Waals surface area contributed by atoms with Gasteiger partial charge in [0.15, 0.2) is 6.61 Å². The summed E-state index contributed by atoms with van der Waals surface area (Å²) in [5.74, 6) is 0.296. The van der Waals surface area contributed by atoms with Crippen LogP contribution >= 0.6 is 0 Å². The van der Waals surface area contributed by atoms with E-state index in [9.17, 15) is 18.0 Å². The Hall–Kier alpha value is -3.36. The Labute approximate surface area is 164 Å². The van der Waals surface area contributed by atoms with E-state index in [-0.39, 0.29) is 11.4 Å². The summed E-state index contributed by atoms with van der Waals surface area (Å²) < 4.78 is 46.3. The number of carbonyl (C=O) groups is 1. The summed E-state index contributed by atoms with van der Waals surface area (Å²) in [6, 6.07) is 11.1. The Bertz CT molecular complexity index is 1010. The van der Waals surface area contributed by atoms with Crippen molar-refractivity contribution in [1.29, 1.82) is 0 Å². The molecule has 1 N–H and O–H groups in total. The van der Waals surface area contributed by atoms with Gasteiger partial charge in [0.1, 0.15) is 17.2 Å². The Kier molecular flexibility index (Phi) is 5.86. The normalized spacial score (nSPS) is 12.4. The van der Waals surface area contributed by atoms with Crippen molar-refractivity contribution in [2.45, 2.75) is 19.1 Å². The average molecular weight is 405 g/mol. The van der Waals surface area contributed by atoms with E-state index in [2.05, 4.69) is 20.0 Å². The van der Waals surface area contributed by atoms with Gasteiger partial charge >= 0.3 is 6.18 Å². The van der Waals surface area contributed by atoms with Crippen LogP contribution in [0.25, 0.3) is 10.9 Å². The van der Waals surface area contributed by atoms with Gasteiger partial charge in [0.2, 0.25) is 0 Å². The zero-order valence-corrected chi connectivity index (χ0v) is 15.7. The Balaban J connectivity index is 1.66. The van der Waals surface area contributed by atoms with Gasteiger partial charge < -0.3 is 14.8 Å². The first kappa shape index (κ1) is 20.4. The van der Waals surface area contributed by atoms with Crippen molar-refractivity contribution in [2.24, 2.45) is 0 Å². The molecule has 3 aromatic rings. The van der Waals surface area contributed by atoms with E-state index in [4.69, 9.17) is 4.74 Å². The molecule has 29 heavy (non-hydrogen) atoms. The minimum atomic E-state index is -4.42. The quantitative estimate of drug-likeness (QED) is 0.669. The van der Waals surface area contributed by atoms with E-state index >= 15 is 0 Å². The molecule has 6 nitrogen and oxygen atoms in total. The minimum absolute atomic E-state index is 0.00349. The topological polar surface area (TPSA) is 73.3 Å². The molecule has 0 aliphatic rings. The van der Waals surface area contributed by atoms with Gasteiger partial charge in [0.05, 0.1) is 30.6 Å². The lowest BCUT2D eigenvalue weighted by Crippen LogP contribution is -2.28. The van der Waals surface area contributed by atoms with Crippen molar-refractivity contribution in [3.05, 3.63) is 60.0 Å². The van der Waals surface area contributed by atoms with E-state index in [1.165, 1.54) is 18.3 Å². The predicted molar refractivity (Wildman–Crippen MR) is 100.0 cm³/mol. The fraction of sp³-hybridized carbons (Fsp3) is 0.250. The molecule has 0 spiro atoms. The van der Waals surface area contributed by atoms with Crippen LogP contribution in [0.15, 0.2) is 48.7 Å². The number of hydrogen-bond donors (Lipinski definition) is 1. The SMILES string of the molecule is COc1ccc2nc(C(=O)NC(C)c3ccc(OCC(F)(F)F)cn3)ccc2c1. The molecule has 1 unspecified atom stereocenters. The van der Waals surface area contributed by atoms with E-state index in [1.807, 2.05) is 6.07 Å². The molecule has 2 aromatic heterocycles. The molecule has 0 saturated carbocycles. The lowest BCUT2D eigenvalue weighted by Gasteiger charge is -2.14. The van der Waals surface area contributed by atoms with Crippen LogP contribution in [-0.2, 0) is 0 Å². The second-order valence-corrected chi connectivity index (χ2v) is 6.27. The van der Waals surface area contributed by atoms with Crippen LogP contribution in [0.4, 0.5) is 13.2 Å². The van der Waals surface area contributed by atoms with Crippen molar-refractivity contribution < 1.29 is 27.4 Å². The summed E-state index contributed by atoms with van der Waals surface area (Å²) in [6.07, 6.45) is -3.23. The lowest BCUT2D eigenvalue weighted by atomic mass is 10.1. The summed E-state index contributed by atoms with van der Waals surface area (Å²) in [5, 5.41) is 3.60. The number of pyridine rings is 2. The third kappa shape index (κ3) is 5.34. The van der Waals surface area contributed by atoms with Gasteiger partial charge in [-0.15, -0.1) is 0 Å². The van der Waals surface area contributed by atoms with Crippen LogP contribution in [-0.4, -0.2) is 35.8 Å². The smallest absolute Gasteiger partial charge is 0.422 e. The van der Waals surface area contributed by atoms with Gasteiger partial charge in [-0.25, -0.2) is 4.98 Å². The van der Waals surface area contributed by atoms with Crippen LogP contribution in [0.5, 0.6) is 11.5 Å². The van der Waals surface area contributed by atoms with Gasteiger partial charge in [0.25, 0.3) is 5.91 Å². The molecule has 1 atom stereocenters. The van der Waals surface area contributed by atoms with E-state index in [0.717, 1.165) is 5.39 Å². The molecule has 2 heterocycles. The van der Waals surface area contributed by atoms with Crippen LogP contribution in [0.3, 0.4) is 0 Å². The van der Waals surface area contributed by atoms with E-state index < -0.39 is 24.7 Å². The monoisotopic (exact) mass is 405 g/mol. The number of benzene rings is 1. The van der Waals surface area contributed by atoms with Crippen molar-refractivity contribution in [3.63, 3.8) is 0 Å².